The molecule has 1 amide bonds. The third-order valence-corrected chi connectivity index (χ3v) is 6.06. The minimum absolute atomic E-state index is 0.0367. The van der Waals surface area contributed by atoms with Crippen LogP contribution >= 0.6 is 11.3 Å². The number of aryl methyl sites for hydroxylation is 2. The zero-order valence-electron chi connectivity index (χ0n) is 19.1. The molecule has 0 spiro atoms. The number of benzene rings is 1. The first kappa shape index (κ1) is 24.1. The second-order valence-electron chi connectivity index (χ2n) is 7.20. The highest BCUT2D eigenvalue weighted by atomic mass is 32.1. The van der Waals surface area contributed by atoms with E-state index in [4.69, 9.17) is 18.6 Å². The van der Waals surface area contributed by atoms with Gasteiger partial charge in [-0.25, -0.2) is 9.59 Å². The number of ether oxygens (including phenoxy) is 3. The topological polar surface area (TPSA) is 104 Å². The van der Waals surface area contributed by atoms with Crippen LogP contribution in [0.2, 0.25) is 0 Å². The predicted molar refractivity (Wildman–Crippen MR) is 123 cm³/mol. The lowest BCUT2D eigenvalue weighted by atomic mass is 10.1. The summed E-state index contributed by atoms with van der Waals surface area (Å²) in [7, 11) is 1.23. The lowest BCUT2D eigenvalue weighted by Gasteiger charge is -2.10. The summed E-state index contributed by atoms with van der Waals surface area (Å²) in [5.41, 5.74) is 2.48. The fraction of sp³-hybridized carbons (Fsp3) is 0.292. The maximum atomic E-state index is 12.8. The Labute approximate surface area is 195 Å². The van der Waals surface area contributed by atoms with Gasteiger partial charge < -0.3 is 23.9 Å². The van der Waals surface area contributed by atoms with Gasteiger partial charge in [-0.05, 0) is 56.5 Å². The summed E-state index contributed by atoms with van der Waals surface area (Å²) >= 11 is 0.945. The smallest absolute Gasteiger partial charge is 0.348 e. The Morgan fingerprint density at radius 3 is 2.36 bits per heavy atom. The Morgan fingerprint density at radius 1 is 1.03 bits per heavy atom. The SMILES string of the molecule is CCOC(=O)c1sc(NC(=O)c2ccc(COc3c(C)cccc3C)o2)c(C(=O)OC)c1C. The zero-order valence-corrected chi connectivity index (χ0v) is 19.9. The summed E-state index contributed by atoms with van der Waals surface area (Å²) in [5.74, 6) is -0.551. The molecule has 2 aromatic heterocycles. The van der Waals surface area contributed by atoms with Crippen molar-refractivity contribution in [2.75, 3.05) is 19.0 Å². The van der Waals surface area contributed by atoms with E-state index in [1.807, 2.05) is 32.0 Å². The Kier molecular flexibility index (Phi) is 7.55. The van der Waals surface area contributed by atoms with Crippen molar-refractivity contribution in [3.8, 4) is 5.75 Å². The number of hydrogen-bond donors (Lipinski definition) is 1. The van der Waals surface area contributed by atoms with E-state index in [0.717, 1.165) is 28.2 Å². The van der Waals surface area contributed by atoms with Crippen LogP contribution in [0.3, 0.4) is 0 Å². The maximum Gasteiger partial charge on any atom is 0.348 e. The van der Waals surface area contributed by atoms with E-state index < -0.39 is 17.8 Å². The van der Waals surface area contributed by atoms with E-state index >= 15 is 0 Å². The Hall–Kier alpha value is -3.59. The molecule has 8 nitrogen and oxygen atoms in total. The monoisotopic (exact) mass is 471 g/mol. The van der Waals surface area contributed by atoms with E-state index in [-0.39, 0.29) is 34.4 Å². The average molecular weight is 472 g/mol. The van der Waals surface area contributed by atoms with Gasteiger partial charge in [0.1, 0.15) is 28.0 Å². The minimum atomic E-state index is -0.670. The number of carbonyl (C=O) groups excluding carboxylic acids is 3. The highest BCUT2D eigenvalue weighted by Gasteiger charge is 2.27. The van der Waals surface area contributed by atoms with Crippen molar-refractivity contribution in [1.29, 1.82) is 0 Å². The van der Waals surface area contributed by atoms with Crippen LogP contribution in [-0.2, 0) is 16.1 Å². The second kappa shape index (κ2) is 10.4. The number of nitrogens with one attached hydrogen (secondary N) is 1. The highest BCUT2D eigenvalue weighted by Crippen LogP contribution is 2.34. The predicted octanol–water partition coefficient (Wildman–Crippen LogP) is 5.06. The second-order valence-corrected chi connectivity index (χ2v) is 8.22. The number of carbonyl (C=O) groups is 3. The summed E-state index contributed by atoms with van der Waals surface area (Å²) in [5, 5.41) is 2.82. The summed E-state index contributed by atoms with van der Waals surface area (Å²) in [6.07, 6.45) is 0. The molecule has 0 atom stereocenters. The molecule has 0 radical (unpaired) electrons. The quantitative estimate of drug-likeness (QED) is 0.458. The number of methoxy groups -OCH3 is 1. The van der Waals surface area contributed by atoms with Crippen LogP contribution in [-0.4, -0.2) is 31.6 Å². The molecular weight excluding hydrogens is 446 g/mol. The van der Waals surface area contributed by atoms with Gasteiger partial charge in [-0.1, -0.05) is 18.2 Å². The molecule has 9 heteroatoms. The molecule has 0 bridgehead atoms. The summed E-state index contributed by atoms with van der Waals surface area (Å²) in [6.45, 7) is 7.53. The Morgan fingerprint density at radius 2 is 1.73 bits per heavy atom. The average Bonchev–Trinajstić information content (AvgIpc) is 3.38. The Bertz CT molecular complexity index is 1170. The molecule has 0 saturated carbocycles. The summed E-state index contributed by atoms with van der Waals surface area (Å²) in [6, 6.07) is 9.03. The number of anilines is 1. The van der Waals surface area contributed by atoms with Gasteiger partial charge in [0.2, 0.25) is 0 Å². The fourth-order valence-corrected chi connectivity index (χ4v) is 4.34. The number of hydrogen-bond acceptors (Lipinski definition) is 8. The summed E-state index contributed by atoms with van der Waals surface area (Å²) < 4.78 is 21.3. The number of amides is 1. The number of thiophene rings is 1. The van der Waals surface area contributed by atoms with Gasteiger partial charge in [0.05, 0.1) is 19.3 Å². The molecule has 0 aliphatic rings. The molecule has 0 aliphatic heterocycles. The van der Waals surface area contributed by atoms with Crippen molar-refractivity contribution >= 4 is 34.2 Å². The molecule has 0 aliphatic carbocycles. The molecule has 3 aromatic rings. The molecule has 174 valence electrons. The van der Waals surface area contributed by atoms with Crippen LogP contribution < -0.4 is 10.1 Å². The maximum absolute atomic E-state index is 12.8. The van der Waals surface area contributed by atoms with Crippen LogP contribution in [0.15, 0.2) is 34.7 Å². The van der Waals surface area contributed by atoms with Gasteiger partial charge in [-0.3, -0.25) is 4.79 Å². The largest absolute Gasteiger partial charge is 0.485 e. The third kappa shape index (κ3) is 5.25. The highest BCUT2D eigenvalue weighted by molar-refractivity contribution is 7.18. The molecular formula is C24H25NO7S. The van der Waals surface area contributed by atoms with Crippen LogP contribution in [0.4, 0.5) is 5.00 Å². The van der Waals surface area contributed by atoms with E-state index in [9.17, 15) is 14.4 Å². The molecule has 1 aromatic carbocycles. The van der Waals surface area contributed by atoms with Gasteiger partial charge in [-0.15, -0.1) is 11.3 Å². The third-order valence-electron chi connectivity index (χ3n) is 4.88. The van der Waals surface area contributed by atoms with Crippen molar-refractivity contribution < 1.29 is 33.0 Å². The van der Waals surface area contributed by atoms with Crippen molar-refractivity contribution in [2.24, 2.45) is 0 Å². The molecule has 3 rings (SSSR count). The van der Waals surface area contributed by atoms with E-state index in [1.54, 1.807) is 19.9 Å². The zero-order chi connectivity index (χ0) is 24.1. The molecule has 33 heavy (non-hydrogen) atoms. The lowest BCUT2D eigenvalue weighted by molar-refractivity contribution is 0.0531. The van der Waals surface area contributed by atoms with Gasteiger partial charge in [0.25, 0.3) is 5.91 Å². The van der Waals surface area contributed by atoms with Crippen molar-refractivity contribution in [3.63, 3.8) is 0 Å². The summed E-state index contributed by atoms with van der Waals surface area (Å²) in [4.78, 5) is 37.5. The standard InChI is InChI=1S/C24H25NO7S/c1-6-30-24(28)20-15(4)18(23(27)29-5)22(33-20)25-21(26)17-11-10-16(32-17)12-31-19-13(2)8-7-9-14(19)3/h7-11H,6,12H2,1-5H3,(H,25,26). The van der Waals surface area contributed by atoms with Gasteiger partial charge in [-0.2, -0.15) is 0 Å². The number of rotatable bonds is 8. The van der Waals surface area contributed by atoms with Crippen LogP contribution in [0.25, 0.3) is 0 Å². The van der Waals surface area contributed by atoms with Crippen LogP contribution in [0.5, 0.6) is 5.75 Å². The van der Waals surface area contributed by atoms with E-state index in [0.29, 0.717) is 11.3 Å². The van der Waals surface area contributed by atoms with E-state index in [1.165, 1.54) is 13.2 Å². The molecule has 0 saturated heterocycles. The van der Waals surface area contributed by atoms with Crippen molar-refractivity contribution in [2.45, 2.75) is 34.3 Å². The van der Waals surface area contributed by atoms with Crippen molar-refractivity contribution in [3.05, 3.63) is 69.0 Å². The number of para-hydroxylation sites is 1. The molecule has 1 N–H and O–H groups in total. The Balaban J connectivity index is 1.78. The first-order valence-electron chi connectivity index (χ1n) is 10.2. The molecule has 2 heterocycles. The van der Waals surface area contributed by atoms with Crippen LogP contribution in [0.1, 0.15) is 60.0 Å². The first-order valence-corrected chi connectivity index (χ1v) is 11.1. The van der Waals surface area contributed by atoms with Crippen LogP contribution in [0, 0.1) is 20.8 Å². The number of furan rings is 1. The van der Waals surface area contributed by atoms with Crippen molar-refractivity contribution in [1.82, 2.24) is 0 Å². The van der Waals surface area contributed by atoms with Gasteiger partial charge in [0.15, 0.2) is 5.76 Å². The molecule has 0 unspecified atom stereocenters. The molecule has 0 fully saturated rings. The number of esters is 2. The minimum Gasteiger partial charge on any atom is -0.485 e. The fourth-order valence-electron chi connectivity index (χ4n) is 3.25. The normalized spacial score (nSPS) is 10.6. The van der Waals surface area contributed by atoms with Gasteiger partial charge >= 0.3 is 11.9 Å². The lowest BCUT2D eigenvalue weighted by Crippen LogP contribution is -2.13. The van der Waals surface area contributed by atoms with Gasteiger partial charge in [0, 0.05) is 0 Å². The first-order chi connectivity index (χ1) is 15.8. The van der Waals surface area contributed by atoms with E-state index in [2.05, 4.69) is 5.32 Å².